The molecule has 0 aromatic heterocycles. The molecule has 0 aliphatic carbocycles. The van der Waals surface area contributed by atoms with E-state index in [1.807, 2.05) is 0 Å². The second-order valence-electron chi connectivity index (χ2n) is 2.91. The Labute approximate surface area is 92.9 Å². The Hall–Kier alpha value is -2.24. The summed E-state index contributed by atoms with van der Waals surface area (Å²) in [4.78, 5) is 11.1. The molecule has 0 saturated heterocycles. The van der Waals surface area contributed by atoms with E-state index in [2.05, 4.69) is 10.1 Å². The fourth-order valence-corrected chi connectivity index (χ4v) is 1.21. The van der Waals surface area contributed by atoms with Gasteiger partial charge in [-0.05, 0) is 12.1 Å². The number of methoxy groups -OCH3 is 2. The van der Waals surface area contributed by atoms with Crippen LogP contribution in [0.5, 0.6) is 5.75 Å². The third-order valence-corrected chi connectivity index (χ3v) is 1.95. The Balaban J connectivity index is 3.19. The van der Waals surface area contributed by atoms with Gasteiger partial charge in [0.25, 0.3) is 0 Å². The first-order valence-corrected chi connectivity index (χ1v) is 4.46. The molecular formula is C10H13N3O3. The number of anilines is 1. The molecule has 1 aromatic rings. The number of nitrogens with two attached hydrogens (primary N) is 1. The standard InChI is InChI=1S/C10H13N3O3/c1-15-7-5-3-4-6(9(11)12)8(7)13-10(14)16-2/h3-5H,1-2H3,(H3,11,12)(H,13,14). The van der Waals surface area contributed by atoms with Gasteiger partial charge in [0.1, 0.15) is 11.6 Å². The second kappa shape index (κ2) is 5.01. The maximum absolute atomic E-state index is 11.1. The van der Waals surface area contributed by atoms with Gasteiger partial charge in [0, 0.05) is 5.56 Å². The molecule has 6 heteroatoms. The van der Waals surface area contributed by atoms with Crippen LogP contribution in [0.2, 0.25) is 0 Å². The number of rotatable bonds is 3. The number of para-hydroxylation sites is 1. The molecule has 0 unspecified atom stereocenters. The number of hydrogen-bond donors (Lipinski definition) is 3. The summed E-state index contributed by atoms with van der Waals surface area (Å²) < 4.78 is 9.53. The van der Waals surface area contributed by atoms with E-state index in [1.54, 1.807) is 18.2 Å². The predicted molar refractivity (Wildman–Crippen MR) is 60.0 cm³/mol. The van der Waals surface area contributed by atoms with Crippen molar-refractivity contribution in [3.63, 3.8) is 0 Å². The quantitative estimate of drug-likeness (QED) is 0.529. The summed E-state index contributed by atoms with van der Waals surface area (Å²) in [5, 5.41) is 9.83. The molecule has 0 saturated carbocycles. The minimum Gasteiger partial charge on any atom is -0.495 e. The highest BCUT2D eigenvalue weighted by Gasteiger charge is 2.13. The maximum Gasteiger partial charge on any atom is 0.411 e. The Kier molecular flexibility index (Phi) is 3.71. The number of ether oxygens (including phenoxy) is 2. The predicted octanol–water partition coefficient (Wildman–Crippen LogP) is 1.16. The van der Waals surface area contributed by atoms with Gasteiger partial charge in [-0.25, -0.2) is 4.79 Å². The van der Waals surface area contributed by atoms with E-state index in [4.69, 9.17) is 15.9 Å². The van der Waals surface area contributed by atoms with Gasteiger partial charge in [0.2, 0.25) is 0 Å². The van der Waals surface area contributed by atoms with Crippen molar-refractivity contribution >= 4 is 17.6 Å². The SMILES string of the molecule is COC(=O)Nc1c(OC)cccc1C(=N)N. The number of carbonyl (C=O) groups is 1. The molecule has 1 amide bonds. The van der Waals surface area contributed by atoms with Crippen LogP contribution in [0.1, 0.15) is 5.56 Å². The van der Waals surface area contributed by atoms with E-state index in [0.717, 1.165) is 0 Å². The van der Waals surface area contributed by atoms with E-state index in [1.165, 1.54) is 14.2 Å². The molecular weight excluding hydrogens is 210 g/mol. The van der Waals surface area contributed by atoms with Gasteiger partial charge in [0.05, 0.1) is 19.9 Å². The third-order valence-electron chi connectivity index (χ3n) is 1.95. The van der Waals surface area contributed by atoms with Gasteiger partial charge in [-0.3, -0.25) is 10.7 Å². The van der Waals surface area contributed by atoms with Crippen molar-refractivity contribution in [3.8, 4) is 5.75 Å². The second-order valence-corrected chi connectivity index (χ2v) is 2.91. The van der Waals surface area contributed by atoms with Gasteiger partial charge < -0.3 is 15.2 Å². The van der Waals surface area contributed by atoms with Crippen LogP contribution in [0.3, 0.4) is 0 Å². The van der Waals surface area contributed by atoms with Gasteiger partial charge in [-0.15, -0.1) is 0 Å². The first kappa shape index (κ1) is 11.8. The van der Waals surface area contributed by atoms with Crippen LogP contribution < -0.4 is 15.8 Å². The summed E-state index contributed by atoms with van der Waals surface area (Å²) in [6, 6.07) is 4.94. The van der Waals surface area contributed by atoms with Crippen LogP contribution in [0.25, 0.3) is 0 Å². The first-order valence-electron chi connectivity index (χ1n) is 4.46. The van der Waals surface area contributed by atoms with Crippen LogP contribution >= 0.6 is 0 Å². The molecule has 0 radical (unpaired) electrons. The van der Waals surface area contributed by atoms with Crippen molar-refractivity contribution in [3.05, 3.63) is 23.8 Å². The van der Waals surface area contributed by atoms with E-state index in [0.29, 0.717) is 17.0 Å². The fraction of sp³-hybridized carbons (Fsp3) is 0.200. The molecule has 0 spiro atoms. The van der Waals surface area contributed by atoms with Crippen LogP contribution in [-0.2, 0) is 4.74 Å². The lowest BCUT2D eigenvalue weighted by molar-refractivity contribution is 0.187. The highest BCUT2D eigenvalue weighted by atomic mass is 16.5. The summed E-state index contributed by atoms with van der Waals surface area (Å²) in [6.45, 7) is 0. The van der Waals surface area contributed by atoms with Crippen molar-refractivity contribution in [2.75, 3.05) is 19.5 Å². The number of carbonyl (C=O) groups excluding carboxylic acids is 1. The summed E-state index contributed by atoms with van der Waals surface area (Å²) in [5.41, 5.74) is 6.09. The van der Waals surface area contributed by atoms with Crippen molar-refractivity contribution < 1.29 is 14.3 Å². The number of nitrogen functional groups attached to an aromatic ring is 1. The van der Waals surface area contributed by atoms with E-state index >= 15 is 0 Å². The summed E-state index contributed by atoms with van der Waals surface area (Å²) in [5.74, 6) is 0.253. The highest BCUT2D eigenvalue weighted by Crippen LogP contribution is 2.28. The third kappa shape index (κ3) is 2.41. The van der Waals surface area contributed by atoms with Crippen molar-refractivity contribution in [2.45, 2.75) is 0 Å². The number of hydrogen-bond acceptors (Lipinski definition) is 4. The summed E-state index contributed by atoms with van der Waals surface area (Å²) >= 11 is 0. The fourth-order valence-electron chi connectivity index (χ4n) is 1.21. The van der Waals surface area contributed by atoms with E-state index < -0.39 is 6.09 Å². The van der Waals surface area contributed by atoms with Crippen molar-refractivity contribution in [1.82, 2.24) is 0 Å². The van der Waals surface area contributed by atoms with Crippen molar-refractivity contribution in [2.24, 2.45) is 5.73 Å². The first-order chi connectivity index (χ1) is 7.60. The lowest BCUT2D eigenvalue weighted by Gasteiger charge is -2.13. The molecule has 0 atom stereocenters. The van der Waals surface area contributed by atoms with Gasteiger partial charge >= 0.3 is 6.09 Å². The molecule has 1 rings (SSSR count). The Morgan fingerprint density at radius 2 is 2.12 bits per heavy atom. The average Bonchev–Trinajstić information content (AvgIpc) is 2.28. The van der Waals surface area contributed by atoms with Crippen LogP contribution in [0.15, 0.2) is 18.2 Å². The molecule has 4 N–H and O–H groups in total. The largest absolute Gasteiger partial charge is 0.495 e. The van der Waals surface area contributed by atoms with Gasteiger partial charge in [-0.2, -0.15) is 0 Å². The zero-order valence-electron chi connectivity index (χ0n) is 9.03. The number of amides is 1. The molecule has 6 nitrogen and oxygen atoms in total. The molecule has 0 heterocycles. The molecule has 86 valence electrons. The summed E-state index contributed by atoms with van der Waals surface area (Å²) in [7, 11) is 2.71. The Morgan fingerprint density at radius 3 is 2.62 bits per heavy atom. The monoisotopic (exact) mass is 223 g/mol. The molecule has 0 aliphatic rings. The highest BCUT2D eigenvalue weighted by molar-refractivity contribution is 6.04. The summed E-state index contributed by atoms with van der Waals surface area (Å²) in [6.07, 6.45) is -0.646. The average molecular weight is 223 g/mol. The number of nitrogens with one attached hydrogen (secondary N) is 2. The molecule has 16 heavy (non-hydrogen) atoms. The number of benzene rings is 1. The maximum atomic E-state index is 11.1. The zero-order valence-corrected chi connectivity index (χ0v) is 9.03. The Bertz CT molecular complexity index is 418. The Morgan fingerprint density at radius 1 is 1.44 bits per heavy atom. The lowest BCUT2D eigenvalue weighted by atomic mass is 10.1. The normalized spacial score (nSPS) is 9.38. The molecule has 0 aliphatic heterocycles. The molecule has 1 aromatic carbocycles. The topological polar surface area (TPSA) is 97.4 Å². The van der Waals surface area contributed by atoms with Crippen LogP contribution in [-0.4, -0.2) is 26.1 Å². The number of amidine groups is 1. The smallest absolute Gasteiger partial charge is 0.411 e. The van der Waals surface area contributed by atoms with Gasteiger partial charge in [0.15, 0.2) is 0 Å². The van der Waals surface area contributed by atoms with E-state index in [9.17, 15) is 4.79 Å². The molecule has 0 fully saturated rings. The van der Waals surface area contributed by atoms with Gasteiger partial charge in [-0.1, -0.05) is 6.07 Å². The van der Waals surface area contributed by atoms with E-state index in [-0.39, 0.29) is 5.84 Å². The van der Waals surface area contributed by atoms with Crippen LogP contribution in [0, 0.1) is 5.41 Å². The minimum absolute atomic E-state index is 0.162. The molecule has 0 bridgehead atoms. The van der Waals surface area contributed by atoms with Crippen molar-refractivity contribution in [1.29, 1.82) is 5.41 Å². The minimum atomic E-state index is -0.646. The zero-order chi connectivity index (χ0) is 12.1. The lowest BCUT2D eigenvalue weighted by Crippen LogP contribution is -2.18. The van der Waals surface area contributed by atoms with Crippen LogP contribution in [0.4, 0.5) is 10.5 Å².